The van der Waals surface area contributed by atoms with Crippen molar-refractivity contribution in [2.75, 3.05) is 44.9 Å². The van der Waals surface area contributed by atoms with Crippen molar-refractivity contribution in [2.45, 2.75) is 6.42 Å². The zero-order valence-corrected chi connectivity index (χ0v) is 11.2. The van der Waals surface area contributed by atoms with Gasteiger partial charge in [0.25, 0.3) is 0 Å². The van der Waals surface area contributed by atoms with E-state index in [2.05, 4.69) is 4.90 Å². The van der Waals surface area contributed by atoms with Crippen molar-refractivity contribution in [3.05, 3.63) is 23.8 Å². The highest BCUT2D eigenvalue weighted by molar-refractivity contribution is 5.97. The molecule has 0 aromatic heterocycles. The van der Waals surface area contributed by atoms with Gasteiger partial charge in [0.15, 0.2) is 0 Å². The van der Waals surface area contributed by atoms with Gasteiger partial charge in [-0.3, -0.25) is 0 Å². The van der Waals surface area contributed by atoms with Gasteiger partial charge in [-0.05, 0) is 39.2 Å². The Morgan fingerprint density at radius 1 is 1.28 bits per heavy atom. The standard InChI is InChI=1S/C13H21N3O2/c1-15(2)8-5-9-16(3)12-10(13(17)18)6-4-7-11(12)14/h4,6-7H,5,8-9,14H2,1-3H3,(H,17,18). The Morgan fingerprint density at radius 3 is 2.50 bits per heavy atom. The number of hydrogen-bond acceptors (Lipinski definition) is 4. The Kier molecular flexibility index (Phi) is 4.97. The van der Waals surface area contributed by atoms with Crippen molar-refractivity contribution in [3.63, 3.8) is 0 Å². The van der Waals surface area contributed by atoms with Gasteiger partial charge in [-0.2, -0.15) is 0 Å². The number of rotatable bonds is 6. The lowest BCUT2D eigenvalue weighted by atomic mass is 10.1. The highest BCUT2D eigenvalue weighted by Gasteiger charge is 2.15. The van der Waals surface area contributed by atoms with E-state index in [1.165, 1.54) is 0 Å². The second-order valence-corrected chi connectivity index (χ2v) is 4.63. The minimum absolute atomic E-state index is 0.252. The number of nitrogens with zero attached hydrogens (tertiary/aromatic N) is 2. The normalized spacial score (nSPS) is 10.7. The summed E-state index contributed by atoms with van der Waals surface area (Å²) in [6.45, 7) is 1.73. The van der Waals surface area contributed by atoms with Gasteiger partial charge >= 0.3 is 5.97 Å². The average Bonchev–Trinajstić information content (AvgIpc) is 2.27. The van der Waals surface area contributed by atoms with Crippen LogP contribution >= 0.6 is 0 Å². The van der Waals surface area contributed by atoms with Crippen LogP contribution in [0.1, 0.15) is 16.8 Å². The molecular formula is C13H21N3O2. The van der Waals surface area contributed by atoms with E-state index in [1.54, 1.807) is 18.2 Å². The fourth-order valence-corrected chi connectivity index (χ4v) is 1.90. The molecule has 1 aromatic carbocycles. The quantitative estimate of drug-likeness (QED) is 0.747. The summed E-state index contributed by atoms with van der Waals surface area (Å²) in [6, 6.07) is 4.97. The van der Waals surface area contributed by atoms with E-state index >= 15 is 0 Å². The number of carboxylic acids is 1. The van der Waals surface area contributed by atoms with E-state index in [9.17, 15) is 4.79 Å². The van der Waals surface area contributed by atoms with Crippen LogP contribution in [0.4, 0.5) is 11.4 Å². The third-order valence-electron chi connectivity index (χ3n) is 2.78. The molecule has 0 saturated carbocycles. The van der Waals surface area contributed by atoms with Crippen LogP contribution in [0, 0.1) is 0 Å². The highest BCUT2D eigenvalue weighted by Crippen LogP contribution is 2.27. The molecule has 3 N–H and O–H groups in total. The van der Waals surface area contributed by atoms with E-state index in [4.69, 9.17) is 10.8 Å². The van der Waals surface area contributed by atoms with Crippen molar-refractivity contribution in [1.82, 2.24) is 4.90 Å². The zero-order valence-electron chi connectivity index (χ0n) is 11.2. The molecule has 0 unspecified atom stereocenters. The van der Waals surface area contributed by atoms with Crippen LogP contribution in [0.15, 0.2) is 18.2 Å². The van der Waals surface area contributed by atoms with Gasteiger partial charge in [-0.15, -0.1) is 0 Å². The molecule has 0 radical (unpaired) electrons. The first-order chi connectivity index (χ1) is 8.43. The molecule has 0 heterocycles. The number of aromatic carboxylic acids is 1. The molecule has 1 rings (SSSR count). The van der Waals surface area contributed by atoms with Gasteiger partial charge in [-0.25, -0.2) is 4.79 Å². The molecule has 5 nitrogen and oxygen atoms in total. The molecule has 0 saturated heterocycles. The Labute approximate surface area is 108 Å². The summed E-state index contributed by atoms with van der Waals surface area (Å²) in [5.74, 6) is -0.947. The summed E-state index contributed by atoms with van der Waals surface area (Å²) in [5.41, 5.74) is 7.23. The van der Waals surface area contributed by atoms with Gasteiger partial charge < -0.3 is 20.6 Å². The van der Waals surface area contributed by atoms with Gasteiger partial charge in [-0.1, -0.05) is 6.07 Å². The third kappa shape index (κ3) is 3.63. The van der Waals surface area contributed by atoms with Crippen molar-refractivity contribution in [3.8, 4) is 0 Å². The van der Waals surface area contributed by atoms with Crippen LogP contribution < -0.4 is 10.6 Å². The van der Waals surface area contributed by atoms with Crippen LogP contribution in [0.3, 0.4) is 0 Å². The first kappa shape index (κ1) is 14.3. The van der Waals surface area contributed by atoms with Crippen molar-refractivity contribution < 1.29 is 9.90 Å². The maximum atomic E-state index is 11.2. The van der Waals surface area contributed by atoms with Gasteiger partial charge in [0.1, 0.15) is 0 Å². The molecule has 0 amide bonds. The van der Waals surface area contributed by atoms with E-state index < -0.39 is 5.97 Å². The van der Waals surface area contributed by atoms with E-state index in [0.717, 1.165) is 19.5 Å². The molecule has 0 bridgehead atoms. The molecule has 18 heavy (non-hydrogen) atoms. The Balaban J connectivity index is 2.84. The summed E-state index contributed by atoms with van der Waals surface area (Å²) >= 11 is 0. The minimum Gasteiger partial charge on any atom is -0.478 e. The predicted molar refractivity (Wildman–Crippen MR) is 74.3 cm³/mol. The van der Waals surface area contributed by atoms with Gasteiger partial charge in [0.05, 0.1) is 16.9 Å². The van der Waals surface area contributed by atoms with Crippen molar-refractivity contribution >= 4 is 17.3 Å². The molecule has 0 atom stereocenters. The lowest BCUT2D eigenvalue weighted by molar-refractivity contribution is 0.0697. The van der Waals surface area contributed by atoms with E-state index in [1.807, 2.05) is 26.0 Å². The molecule has 0 aliphatic heterocycles. The third-order valence-corrected chi connectivity index (χ3v) is 2.78. The lowest BCUT2D eigenvalue weighted by Crippen LogP contribution is -2.25. The molecule has 0 aliphatic carbocycles. The molecule has 100 valence electrons. The fraction of sp³-hybridized carbons (Fsp3) is 0.462. The number of nitrogens with two attached hydrogens (primary N) is 1. The number of carboxylic acid groups (broad SMARTS) is 1. The Bertz CT molecular complexity index is 419. The first-order valence-corrected chi connectivity index (χ1v) is 5.91. The predicted octanol–water partition coefficient (Wildman–Crippen LogP) is 1.35. The summed E-state index contributed by atoms with van der Waals surface area (Å²) < 4.78 is 0. The highest BCUT2D eigenvalue weighted by atomic mass is 16.4. The molecule has 0 spiro atoms. The number of carbonyl (C=O) groups is 1. The van der Waals surface area contributed by atoms with Gasteiger partial charge in [0, 0.05) is 13.6 Å². The summed E-state index contributed by atoms with van der Waals surface area (Å²) in [6.07, 6.45) is 0.955. The average molecular weight is 251 g/mol. The maximum absolute atomic E-state index is 11.2. The number of benzene rings is 1. The molecule has 1 aromatic rings. The van der Waals surface area contributed by atoms with Crippen molar-refractivity contribution in [1.29, 1.82) is 0 Å². The maximum Gasteiger partial charge on any atom is 0.337 e. The monoisotopic (exact) mass is 251 g/mol. The van der Waals surface area contributed by atoms with Gasteiger partial charge in [0.2, 0.25) is 0 Å². The second kappa shape index (κ2) is 6.26. The summed E-state index contributed by atoms with van der Waals surface area (Å²) in [5, 5.41) is 9.16. The lowest BCUT2D eigenvalue weighted by Gasteiger charge is -2.23. The topological polar surface area (TPSA) is 69.8 Å². The van der Waals surface area contributed by atoms with Crippen LogP contribution in [0.25, 0.3) is 0 Å². The second-order valence-electron chi connectivity index (χ2n) is 4.63. The zero-order chi connectivity index (χ0) is 13.7. The largest absolute Gasteiger partial charge is 0.478 e. The number of nitrogen functional groups attached to an aromatic ring is 1. The summed E-state index contributed by atoms with van der Waals surface area (Å²) in [4.78, 5) is 15.2. The minimum atomic E-state index is -0.947. The van der Waals surface area contributed by atoms with Crippen LogP contribution in [0.5, 0.6) is 0 Å². The Hall–Kier alpha value is -1.75. The number of anilines is 2. The SMILES string of the molecule is CN(C)CCCN(C)c1c(N)cccc1C(=O)O. The van der Waals surface area contributed by atoms with E-state index in [-0.39, 0.29) is 5.56 Å². The van der Waals surface area contributed by atoms with Crippen LogP contribution in [-0.4, -0.2) is 50.2 Å². The molecule has 0 aliphatic rings. The van der Waals surface area contributed by atoms with Crippen LogP contribution in [-0.2, 0) is 0 Å². The first-order valence-electron chi connectivity index (χ1n) is 5.91. The molecule has 0 fully saturated rings. The molecule has 5 heteroatoms. The summed E-state index contributed by atoms with van der Waals surface area (Å²) in [7, 11) is 5.90. The fourth-order valence-electron chi connectivity index (χ4n) is 1.90. The van der Waals surface area contributed by atoms with E-state index in [0.29, 0.717) is 11.4 Å². The number of para-hydroxylation sites is 1. The molecular weight excluding hydrogens is 230 g/mol. The van der Waals surface area contributed by atoms with Crippen LogP contribution in [0.2, 0.25) is 0 Å². The Morgan fingerprint density at radius 2 is 1.94 bits per heavy atom. The smallest absolute Gasteiger partial charge is 0.337 e. The van der Waals surface area contributed by atoms with Crippen molar-refractivity contribution in [2.24, 2.45) is 0 Å². The number of hydrogen-bond donors (Lipinski definition) is 2.